The summed E-state index contributed by atoms with van der Waals surface area (Å²) in [5.41, 5.74) is 3.19. The molecule has 0 aliphatic carbocycles. The molecule has 1 atom stereocenters. The fourth-order valence-corrected chi connectivity index (χ4v) is 5.92. The summed E-state index contributed by atoms with van der Waals surface area (Å²) in [6, 6.07) is 15.1. The number of rotatable bonds is 4. The molecule has 0 radical (unpaired) electrons. The summed E-state index contributed by atoms with van der Waals surface area (Å²) in [6.07, 6.45) is 3.42. The van der Waals surface area contributed by atoms with Crippen LogP contribution in [-0.4, -0.2) is 36.1 Å². The van der Waals surface area contributed by atoms with Crippen molar-refractivity contribution in [1.82, 2.24) is 19.9 Å². The number of nitrogens with zero attached hydrogens (tertiary/aromatic N) is 5. The lowest BCUT2D eigenvalue weighted by atomic mass is 9.79. The number of phenolic OH excluding ortho intramolecular Hbond substituents is 1. The van der Waals surface area contributed by atoms with Gasteiger partial charge in [0.15, 0.2) is 17.0 Å². The minimum Gasteiger partial charge on any atom is -0.507 e. The van der Waals surface area contributed by atoms with Crippen LogP contribution in [0.1, 0.15) is 63.0 Å². The second kappa shape index (κ2) is 9.54. The number of phenols is 1. The Balaban J connectivity index is 1.75. The van der Waals surface area contributed by atoms with Crippen LogP contribution in [0.3, 0.4) is 0 Å². The molecule has 1 unspecified atom stereocenters. The second-order valence-corrected chi connectivity index (χ2v) is 13.4. The SMILES string of the molecule is CC(C)(C)c1cc(N2C(C(=O)c3ccc(Br)cc3)Sc3nnc(-c4ccncc4)n32)cc(C(C)(C)C)c1O. The minimum atomic E-state index is -0.618. The smallest absolute Gasteiger partial charge is 0.213 e. The van der Waals surface area contributed by atoms with Crippen LogP contribution in [0.25, 0.3) is 11.4 Å². The average molecular weight is 593 g/mol. The summed E-state index contributed by atoms with van der Waals surface area (Å²) in [7, 11) is 0. The molecule has 4 aromatic rings. The zero-order chi connectivity index (χ0) is 27.4. The maximum absolute atomic E-state index is 14.0. The van der Waals surface area contributed by atoms with E-state index in [-0.39, 0.29) is 22.4 Å². The highest BCUT2D eigenvalue weighted by molar-refractivity contribution is 9.10. The average Bonchev–Trinajstić information content (AvgIpc) is 3.43. The van der Waals surface area contributed by atoms with E-state index in [1.54, 1.807) is 12.4 Å². The lowest BCUT2D eigenvalue weighted by molar-refractivity contribution is 0.0987. The maximum atomic E-state index is 14.0. The topological polar surface area (TPSA) is 84.1 Å². The van der Waals surface area contributed by atoms with E-state index in [9.17, 15) is 9.90 Å². The predicted molar refractivity (Wildman–Crippen MR) is 155 cm³/mol. The number of carbonyl (C=O) groups is 1. The Morgan fingerprint density at radius 1 is 0.921 bits per heavy atom. The zero-order valence-electron chi connectivity index (χ0n) is 22.2. The van der Waals surface area contributed by atoms with Crippen molar-refractivity contribution in [3.05, 3.63) is 82.1 Å². The first-order valence-electron chi connectivity index (χ1n) is 12.4. The monoisotopic (exact) mass is 591 g/mol. The molecule has 1 aliphatic heterocycles. The normalized spacial score (nSPS) is 15.6. The molecular weight excluding hydrogens is 562 g/mol. The first-order valence-corrected chi connectivity index (χ1v) is 14.0. The molecule has 0 amide bonds. The van der Waals surface area contributed by atoms with E-state index in [0.29, 0.717) is 16.5 Å². The van der Waals surface area contributed by atoms with Crippen LogP contribution >= 0.6 is 27.7 Å². The molecule has 0 spiro atoms. The molecule has 5 rings (SSSR count). The van der Waals surface area contributed by atoms with E-state index < -0.39 is 5.37 Å². The van der Waals surface area contributed by atoms with E-state index in [1.807, 2.05) is 58.2 Å². The predicted octanol–water partition coefficient (Wildman–Crippen LogP) is 6.99. The fourth-order valence-electron chi connectivity index (χ4n) is 4.54. The summed E-state index contributed by atoms with van der Waals surface area (Å²) in [4.78, 5) is 18.1. The van der Waals surface area contributed by atoms with Gasteiger partial charge in [-0.3, -0.25) is 14.8 Å². The third-order valence-electron chi connectivity index (χ3n) is 6.53. The molecule has 0 fully saturated rings. The van der Waals surface area contributed by atoms with Crippen LogP contribution in [0.2, 0.25) is 0 Å². The number of anilines is 1. The highest BCUT2D eigenvalue weighted by Gasteiger charge is 2.41. The molecule has 196 valence electrons. The van der Waals surface area contributed by atoms with Gasteiger partial charge in [0, 0.05) is 39.1 Å². The number of Topliss-reactive ketones (excluding diaryl/α,β-unsaturated/α-hetero) is 1. The Bertz CT molecular complexity index is 1470. The highest BCUT2D eigenvalue weighted by atomic mass is 79.9. The molecule has 0 saturated carbocycles. The van der Waals surface area contributed by atoms with Crippen molar-refractivity contribution in [2.24, 2.45) is 0 Å². The Kier molecular flexibility index (Phi) is 6.64. The van der Waals surface area contributed by atoms with E-state index in [2.05, 4.69) is 72.7 Å². The molecule has 0 saturated heterocycles. The van der Waals surface area contributed by atoms with Gasteiger partial charge in [0.2, 0.25) is 5.16 Å². The number of fused-ring (bicyclic) bond motifs is 1. The first kappa shape index (κ1) is 26.4. The molecule has 1 N–H and O–H groups in total. The Hall–Kier alpha value is -3.17. The van der Waals surface area contributed by atoms with Crippen LogP contribution in [0.5, 0.6) is 5.75 Å². The summed E-state index contributed by atoms with van der Waals surface area (Å²) >= 11 is 4.83. The summed E-state index contributed by atoms with van der Waals surface area (Å²) in [5, 5.41) is 22.3. The first-order chi connectivity index (χ1) is 17.9. The summed E-state index contributed by atoms with van der Waals surface area (Å²) in [5.74, 6) is 0.856. The molecule has 2 aromatic heterocycles. The van der Waals surface area contributed by atoms with Gasteiger partial charge in [0.05, 0.1) is 5.69 Å². The number of halogens is 1. The van der Waals surface area contributed by atoms with Gasteiger partial charge in [0.25, 0.3) is 0 Å². The van der Waals surface area contributed by atoms with E-state index in [1.165, 1.54) is 11.8 Å². The maximum Gasteiger partial charge on any atom is 0.213 e. The van der Waals surface area contributed by atoms with Crippen molar-refractivity contribution in [3.63, 3.8) is 0 Å². The van der Waals surface area contributed by atoms with Crippen LogP contribution in [-0.2, 0) is 10.8 Å². The molecule has 9 heteroatoms. The fraction of sp³-hybridized carbons (Fsp3) is 0.310. The number of ketones is 1. The second-order valence-electron chi connectivity index (χ2n) is 11.4. The Morgan fingerprint density at radius 3 is 2.05 bits per heavy atom. The Morgan fingerprint density at radius 2 is 1.50 bits per heavy atom. The summed E-state index contributed by atoms with van der Waals surface area (Å²) < 4.78 is 2.82. The van der Waals surface area contributed by atoms with Crippen LogP contribution in [0.15, 0.2) is 70.6 Å². The van der Waals surface area contributed by atoms with Gasteiger partial charge in [-0.2, -0.15) is 0 Å². The number of hydrogen-bond donors (Lipinski definition) is 1. The molecule has 2 aromatic carbocycles. The van der Waals surface area contributed by atoms with Gasteiger partial charge in [0.1, 0.15) is 5.75 Å². The van der Waals surface area contributed by atoms with Crippen molar-refractivity contribution in [2.45, 2.75) is 62.9 Å². The number of benzene rings is 2. The van der Waals surface area contributed by atoms with Crippen molar-refractivity contribution < 1.29 is 9.90 Å². The van der Waals surface area contributed by atoms with E-state index in [4.69, 9.17) is 0 Å². The Labute approximate surface area is 235 Å². The van der Waals surface area contributed by atoms with Gasteiger partial charge < -0.3 is 5.11 Å². The number of pyridine rings is 1. The molecule has 0 bridgehead atoms. The largest absolute Gasteiger partial charge is 0.507 e. The molecule has 1 aliphatic rings. The van der Waals surface area contributed by atoms with Crippen LogP contribution in [0, 0.1) is 0 Å². The van der Waals surface area contributed by atoms with Crippen molar-refractivity contribution >= 4 is 39.2 Å². The number of aromatic hydroxyl groups is 1. The quantitative estimate of drug-likeness (QED) is 0.256. The summed E-state index contributed by atoms with van der Waals surface area (Å²) in [6.45, 7) is 12.5. The number of aromatic nitrogens is 4. The molecule has 7 nitrogen and oxygen atoms in total. The number of carbonyl (C=O) groups excluding carboxylic acids is 1. The third kappa shape index (κ3) is 4.73. The lowest BCUT2D eigenvalue weighted by Crippen LogP contribution is -2.39. The molecule has 3 heterocycles. The number of thioether (sulfide) groups is 1. The molecular formula is C29H30BrN5O2S. The third-order valence-corrected chi connectivity index (χ3v) is 8.16. The van der Waals surface area contributed by atoms with Crippen molar-refractivity contribution in [2.75, 3.05) is 5.01 Å². The minimum absolute atomic E-state index is 0.0450. The zero-order valence-corrected chi connectivity index (χ0v) is 24.6. The van der Waals surface area contributed by atoms with Gasteiger partial charge in [-0.1, -0.05) is 69.6 Å². The highest BCUT2D eigenvalue weighted by Crippen LogP contribution is 2.46. The molecule has 38 heavy (non-hydrogen) atoms. The van der Waals surface area contributed by atoms with Gasteiger partial charge in [-0.05, 0) is 59.0 Å². The van der Waals surface area contributed by atoms with E-state index >= 15 is 0 Å². The van der Waals surface area contributed by atoms with Crippen molar-refractivity contribution in [3.8, 4) is 17.1 Å². The van der Waals surface area contributed by atoms with Gasteiger partial charge in [-0.25, -0.2) is 4.68 Å². The van der Waals surface area contributed by atoms with Crippen LogP contribution in [0.4, 0.5) is 5.69 Å². The van der Waals surface area contributed by atoms with Crippen LogP contribution < -0.4 is 5.01 Å². The standard InChI is InChI=1S/C29H30BrN5O2S/c1-28(2,3)21-15-20(16-22(24(21)37)29(4,5)6)34-26(23(36)17-7-9-19(30)10-8-17)38-27-33-32-25(35(27)34)18-11-13-31-14-12-18/h7-16,26,37H,1-6H3. The van der Waals surface area contributed by atoms with Gasteiger partial charge >= 0.3 is 0 Å². The van der Waals surface area contributed by atoms with E-state index in [0.717, 1.165) is 26.9 Å². The lowest BCUT2D eigenvalue weighted by Gasteiger charge is -2.32. The number of hydrogen-bond acceptors (Lipinski definition) is 7. The van der Waals surface area contributed by atoms with Gasteiger partial charge in [-0.15, -0.1) is 10.2 Å². The van der Waals surface area contributed by atoms with Crippen molar-refractivity contribution in [1.29, 1.82) is 0 Å².